The van der Waals surface area contributed by atoms with Crippen LogP contribution in [-0.4, -0.2) is 39.5 Å². The van der Waals surface area contributed by atoms with Gasteiger partial charge in [0.1, 0.15) is 11.4 Å². The van der Waals surface area contributed by atoms with Gasteiger partial charge in [-0.2, -0.15) is 5.10 Å². The second-order valence-corrected chi connectivity index (χ2v) is 7.00. The molecular formula is C15H24N4O2. The van der Waals surface area contributed by atoms with Gasteiger partial charge in [-0.1, -0.05) is 0 Å². The summed E-state index contributed by atoms with van der Waals surface area (Å²) in [7, 11) is 0. The van der Waals surface area contributed by atoms with Gasteiger partial charge < -0.3 is 15.4 Å². The average Bonchev–Trinajstić information content (AvgIpc) is 2.64. The van der Waals surface area contributed by atoms with Crippen molar-refractivity contribution in [2.24, 2.45) is 0 Å². The largest absolute Gasteiger partial charge is 0.444 e. The van der Waals surface area contributed by atoms with E-state index in [0.29, 0.717) is 13.1 Å². The fourth-order valence-corrected chi connectivity index (χ4v) is 2.96. The maximum Gasteiger partial charge on any atom is 0.410 e. The molecule has 6 heteroatoms. The Labute approximate surface area is 125 Å². The predicted octanol–water partition coefficient (Wildman–Crippen LogP) is 2.14. The molecule has 0 spiro atoms. The lowest BCUT2D eigenvalue weighted by Crippen LogP contribution is -2.52. The van der Waals surface area contributed by atoms with Crippen molar-refractivity contribution in [2.45, 2.75) is 58.1 Å². The van der Waals surface area contributed by atoms with Crippen molar-refractivity contribution in [1.29, 1.82) is 0 Å². The number of amides is 1. The first-order valence-corrected chi connectivity index (χ1v) is 7.69. The number of hydrogen-bond acceptors (Lipinski definition) is 4. The monoisotopic (exact) mass is 292 g/mol. The van der Waals surface area contributed by atoms with Crippen LogP contribution in [0.1, 0.15) is 50.9 Å². The zero-order chi connectivity index (χ0) is 15.2. The minimum atomic E-state index is -0.452. The van der Waals surface area contributed by atoms with Crippen LogP contribution in [0.5, 0.6) is 0 Å². The van der Waals surface area contributed by atoms with Gasteiger partial charge in [-0.15, -0.1) is 0 Å². The molecule has 1 fully saturated rings. The Hall–Kier alpha value is -1.72. The van der Waals surface area contributed by atoms with E-state index >= 15 is 0 Å². The highest BCUT2D eigenvalue weighted by atomic mass is 16.6. The van der Waals surface area contributed by atoms with Crippen LogP contribution in [0.3, 0.4) is 0 Å². The lowest BCUT2D eigenvalue weighted by atomic mass is 9.97. The number of rotatable bonds is 1. The minimum absolute atomic E-state index is 0.183. The topological polar surface area (TPSA) is 73.4 Å². The standard InChI is InChI=1S/C15H24N4O2/c1-15(2,3)21-14(20)18-8-10(9-18)19-13(16)11-6-4-5-7-12(11)17-19/h10H,4-9,16H2,1-3H3. The summed E-state index contributed by atoms with van der Waals surface area (Å²) in [6.45, 7) is 6.88. The molecule has 0 radical (unpaired) electrons. The molecule has 1 saturated heterocycles. The molecule has 116 valence electrons. The van der Waals surface area contributed by atoms with Gasteiger partial charge in [0.05, 0.1) is 11.7 Å². The highest BCUT2D eigenvalue weighted by Gasteiger charge is 2.37. The molecule has 1 aromatic rings. The number of ether oxygens (including phenoxy) is 1. The zero-order valence-electron chi connectivity index (χ0n) is 13.1. The van der Waals surface area contributed by atoms with E-state index in [9.17, 15) is 4.79 Å². The molecule has 0 saturated carbocycles. The SMILES string of the molecule is CC(C)(C)OC(=O)N1CC(n2nc3c(c2N)CCCC3)C1. The number of carbonyl (C=O) groups is 1. The van der Waals surface area contributed by atoms with Crippen molar-refractivity contribution in [1.82, 2.24) is 14.7 Å². The lowest BCUT2D eigenvalue weighted by molar-refractivity contribution is -0.000150. The Kier molecular flexibility index (Phi) is 3.34. The molecule has 1 aliphatic carbocycles. The molecule has 0 aromatic carbocycles. The van der Waals surface area contributed by atoms with Crippen LogP contribution in [0.15, 0.2) is 0 Å². The number of fused-ring (bicyclic) bond motifs is 1. The van der Waals surface area contributed by atoms with Crippen molar-refractivity contribution in [3.63, 3.8) is 0 Å². The number of hydrogen-bond donors (Lipinski definition) is 1. The summed E-state index contributed by atoms with van der Waals surface area (Å²) in [5.74, 6) is 0.790. The van der Waals surface area contributed by atoms with Crippen LogP contribution in [0.2, 0.25) is 0 Å². The highest BCUT2D eigenvalue weighted by Crippen LogP contribution is 2.31. The van der Waals surface area contributed by atoms with Gasteiger partial charge in [-0.25, -0.2) is 9.48 Å². The van der Waals surface area contributed by atoms with Gasteiger partial charge in [0.2, 0.25) is 0 Å². The summed E-state index contributed by atoms with van der Waals surface area (Å²) in [6, 6.07) is 0.183. The number of aromatic nitrogens is 2. The third-order valence-electron chi connectivity index (χ3n) is 4.08. The van der Waals surface area contributed by atoms with Crippen LogP contribution in [0, 0.1) is 0 Å². The van der Waals surface area contributed by atoms with E-state index in [1.807, 2.05) is 25.5 Å². The summed E-state index contributed by atoms with van der Waals surface area (Å²) < 4.78 is 7.28. The lowest BCUT2D eigenvalue weighted by Gasteiger charge is -2.39. The zero-order valence-corrected chi connectivity index (χ0v) is 13.1. The first kappa shape index (κ1) is 14.2. The molecule has 1 amide bonds. The Morgan fingerprint density at radius 1 is 1.29 bits per heavy atom. The predicted molar refractivity (Wildman–Crippen MR) is 80.1 cm³/mol. The third-order valence-corrected chi connectivity index (χ3v) is 4.08. The summed E-state index contributed by atoms with van der Waals surface area (Å²) in [4.78, 5) is 13.6. The average molecular weight is 292 g/mol. The second-order valence-electron chi connectivity index (χ2n) is 7.00. The molecule has 0 atom stereocenters. The first-order chi connectivity index (χ1) is 9.85. The number of aryl methyl sites for hydroxylation is 1. The number of nitrogens with two attached hydrogens (primary N) is 1. The van der Waals surface area contributed by atoms with E-state index in [-0.39, 0.29) is 12.1 Å². The number of nitrogens with zero attached hydrogens (tertiary/aromatic N) is 3. The van der Waals surface area contributed by atoms with Crippen LogP contribution in [-0.2, 0) is 17.6 Å². The van der Waals surface area contributed by atoms with E-state index in [0.717, 1.165) is 24.4 Å². The van der Waals surface area contributed by atoms with Gasteiger partial charge in [0.25, 0.3) is 0 Å². The molecule has 3 rings (SSSR count). The molecule has 0 bridgehead atoms. The van der Waals surface area contributed by atoms with Crippen LogP contribution >= 0.6 is 0 Å². The Bertz CT molecular complexity index is 553. The number of anilines is 1. The van der Waals surface area contributed by atoms with Crippen molar-refractivity contribution >= 4 is 11.9 Å². The molecule has 2 aliphatic rings. The van der Waals surface area contributed by atoms with Gasteiger partial charge in [-0.3, -0.25) is 0 Å². The van der Waals surface area contributed by atoms with E-state index in [1.54, 1.807) is 4.90 Å². The van der Waals surface area contributed by atoms with E-state index in [2.05, 4.69) is 5.10 Å². The highest BCUT2D eigenvalue weighted by molar-refractivity contribution is 5.69. The summed E-state index contributed by atoms with van der Waals surface area (Å²) >= 11 is 0. The molecule has 2 heterocycles. The number of nitrogen functional groups attached to an aromatic ring is 1. The minimum Gasteiger partial charge on any atom is -0.444 e. The summed E-state index contributed by atoms with van der Waals surface area (Å²) in [5.41, 5.74) is 8.14. The van der Waals surface area contributed by atoms with Gasteiger partial charge in [-0.05, 0) is 46.5 Å². The maximum atomic E-state index is 11.9. The molecule has 21 heavy (non-hydrogen) atoms. The van der Waals surface area contributed by atoms with Crippen LogP contribution < -0.4 is 5.73 Å². The molecule has 1 aliphatic heterocycles. The van der Waals surface area contributed by atoms with Crippen molar-refractivity contribution < 1.29 is 9.53 Å². The number of likely N-dealkylation sites (tertiary alicyclic amines) is 1. The van der Waals surface area contributed by atoms with Crippen molar-refractivity contribution in [2.75, 3.05) is 18.8 Å². The fraction of sp³-hybridized carbons (Fsp3) is 0.733. The van der Waals surface area contributed by atoms with E-state index < -0.39 is 5.60 Å². The molecule has 0 unspecified atom stereocenters. The van der Waals surface area contributed by atoms with Gasteiger partial charge in [0.15, 0.2) is 0 Å². The molecule has 1 aromatic heterocycles. The third kappa shape index (κ3) is 2.71. The summed E-state index contributed by atoms with van der Waals surface area (Å²) in [5, 5.41) is 4.65. The molecule has 2 N–H and O–H groups in total. The van der Waals surface area contributed by atoms with Crippen LogP contribution in [0.4, 0.5) is 10.6 Å². The molecular weight excluding hydrogens is 268 g/mol. The summed E-state index contributed by atoms with van der Waals surface area (Å²) in [6.07, 6.45) is 4.18. The maximum absolute atomic E-state index is 11.9. The fourth-order valence-electron chi connectivity index (χ4n) is 2.96. The van der Waals surface area contributed by atoms with Crippen molar-refractivity contribution in [3.8, 4) is 0 Å². The quantitative estimate of drug-likeness (QED) is 0.860. The molecule has 6 nitrogen and oxygen atoms in total. The van der Waals surface area contributed by atoms with Crippen LogP contribution in [0.25, 0.3) is 0 Å². The smallest absolute Gasteiger partial charge is 0.410 e. The second kappa shape index (κ2) is 4.93. The van der Waals surface area contributed by atoms with E-state index in [1.165, 1.54) is 18.4 Å². The normalized spacial score (nSPS) is 19.1. The van der Waals surface area contributed by atoms with Gasteiger partial charge >= 0.3 is 6.09 Å². The Morgan fingerprint density at radius 3 is 2.57 bits per heavy atom. The van der Waals surface area contributed by atoms with E-state index in [4.69, 9.17) is 10.5 Å². The first-order valence-electron chi connectivity index (χ1n) is 7.69. The Balaban J connectivity index is 1.64. The number of carbonyl (C=O) groups excluding carboxylic acids is 1. The van der Waals surface area contributed by atoms with Gasteiger partial charge in [0, 0.05) is 18.7 Å². The van der Waals surface area contributed by atoms with Crippen molar-refractivity contribution in [3.05, 3.63) is 11.3 Å². The Morgan fingerprint density at radius 2 is 1.95 bits per heavy atom.